The Bertz CT molecular complexity index is 1300. The highest BCUT2D eigenvalue weighted by atomic mass is 35.5. The van der Waals surface area contributed by atoms with Crippen LogP contribution in [0.1, 0.15) is 20.7 Å². The molecule has 204 valence electrons. The Morgan fingerprint density at radius 2 is 1.69 bits per heavy atom. The molecule has 0 saturated carbocycles. The second-order valence-corrected chi connectivity index (χ2v) is 9.90. The minimum absolute atomic E-state index is 0.0274. The van der Waals surface area contributed by atoms with Crippen LogP contribution in [-0.4, -0.2) is 79.9 Å². The van der Waals surface area contributed by atoms with Crippen LogP contribution in [0.4, 0.5) is 4.39 Å². The summed E-state index contributed by atoms with van der Waals surface area (Å²) in [5.41, 5.74) is -0.145. The zero-order valence-electron chi connectivity index (χ0n) is 21.3. The fourth-order valence-corrected chi connectivity index (χ4v) is 4.83. The van der Waals surface area contributed by atoms with Crippen LogP contribution in [0.3, 0.4) is 0 Å². The van der Waals surface area contributed by atoms with E-state index >= 15 is 0 Å². The van der Waals surface area contributed by atoms with E-state index in [1.165, 1.54) is 24.3 Å². The van der Waals surface area contributed by atoms with E-state index < -0.39 is 11.7 Å². The van der Waals surface area contributed by atoms with Gasteiger partial charge in [0, 0.05) is 55.9 Å². The van der Waals surface area contributed by atoms with Crippen molar-refractivity contribution in [1.82, 2.24) is 15.1 Å². The maximum absolute atomic E-state index is 13.1. The lowest BCUT2D eigenvalue weighted by atomic mass is 10.1. The van der Waals surface area contributed by atoms with Gasteiger partial charge >= 0.3 is 5.97 Å². The quantitative estimate of drug-likeness (QED) is 0.424. The highest BCUT2D eigenvalue weighted by molar-refractivity contribution is 6.30. The fraction of sp³-hybridized carbons (Fsp3) is 0.310. The highest BCUT2D eigenvalue weighted by Crippen LogP contribution is 2.39. The standard InChI is InChI=1S/C29H29ClFN3O5/c30-23-8-11-25-26(18-23)39-29(19-37-25,20-38-28(36)22-4-2-1-3-5-22)34-16-14-33(15-17-34)13-12-32-27(35)21-6-9-24(31)10-7-21/h1-11,18H,12-17,19-20H2,(H,32,35). The highest BCUT2D eigenvalue weighted by Gasteiger charge is 2.46. The number of nitrogens with one attached hydrogen (secondary N) is 1. The molecule has 3 aromatic carbocycles. The monoisotopic (exact) mass is 553 g/mol. The summed E-state index contributed by atoms with van der Waals surface area (Å²) in [4.78, 5) is 29.4. The lowest BCUT2D eigenvalue weighted by Gasteiger charge is -2.48. The van der Waals surface area contributed by atoms with Gasteiger partial charge in [-0.1, -0.05) is 29.8 Å². The summed E-state index contributed by atoms with van der Waals surface area (Å²) in [5.74, 6) is 0.0234. The van der Waals surface area contributed by atoms with Crippen molar-refractivity contribution in [3.63, 3.8) is 0 Å². The first-order chi connectivity index (χ1) is 18.9. The van der Waals surface area contributed by atoms with Crippen molar-refractivity contribution in [2.24, 2.45) is 0 Å². The number of amides is 1. The molecule has 8 nitrogen and oxygen atoms in total. The van der Waals surface area contributed by atoms with Crippen LogP contribution in [0, 0.1) is 5.82 Å². The van der Waals surface area contributed by atoms with Crippen LogP contribution in [-0.2, 0) is 4.74 Å². The van der Waals surface area contributed by atoms with Gasteiger partial charge in [0.05, 0.1) is 5.56 Å². The number of esters is 1. The number of rotatable bonds is 8. The molecule has 2 aliphatic heterocycles. The summed E-state index contributed by atoms with van der Waals surface area (Å²) in [6.45, 7) is 3.97. The lowest BCUT2D eigenvalue weighted by molar-refractivity contribution is -0.164. The predicted octanol–water partition coefficient (Wildman–Crippen LogP) is 3.85. The van der Waals surface area contributed by atoms with Gasteiger partial charge in [-0.15, -0.1) is 0 Å². The SMILES string of the molecule is O=C(NCCN1CCN(C2(COC(=O)c3ccccc3)COc3ccc(Cl)cc3O2)CC1)c1ccc(F)cc1. The molecule has 5 rings (SSSR count). The predicted molar refractivity (Wildman–Crippen MR) is 144 cm³/mol. The fourth-order valence-electron chi connectivity index (χ4n) is 4.67. The summed E-state index contributed by atoms with van der Waals surface area (Å²) >= 11 is 6.21. The normalized spacial score (nSPS) is 19.3. The van der Waals surface area contributed by atoms with Crippen molar-refractivity contribution in [3.8, 4) is 11.5 Å². The number of carbonyl (C=O) groups excluding carboxylic acids is 2. The molecule has 0 radical (unpaired) electrons. The molecule has 39 heavy (non-hydrogen) atoms. The number of ether oxygens (including phenoxy) is 3. The molecule has 1 amide bonds. The molecule has 2 heterocycles. The van der Waals surface area contributed by atoms with E-state index in [0.29, 0.717) is 66.9 Å². The number of hydrogen-bond acceptors (Lipinski definition) is 7. The molecule has 1 N–H and O–H groups in total. The van der Waals surface area contributed by atoms with E-state index in [9.17, 15) is 14.0 Å². The number of carbonyl (C=O) groups is 2. The van der Waals surface area contributed by atoms with E-state index in [1.807, 2.05) is 6.07 Å². The molecule has 0 aromatic heterocycles. The molecule has 0 aliphatic carbocycles. The van der Waals surface area contributed by atoms with Crippen LogP contribution in [0.25, 0.3) is 0 Å². The number of piperazine rings is 1. The molecule has 3 aromatic rings. The first-order valence-corrected chi connectivity index (χ1v) is 13.1. The van der Waals surface area contributed by atoms with Gasteiger partial charge in [-0.05, 0) is 48.5 Å². The Balaban J connectivity index is 1.20. The number of halogens is 2. The van der Waals surface area contributed by atoms with Gasteiger partial charge in [0.1, 0.15) is 19.0 Å². The Morgan fingerprint density at radius 3 is 2.44 bits per heavy atom. The molecule has 0 bridgehead atoms. The summed E-state index contributed by atoms with van der Waals surface area (Å²) < 4.78 is 31.4. The molecule has 2 aliphatic rings. The van der Waals surface area contributed by atoms with Crippen molar-refractivity contribution >= 4 is 23.5 Å². The second kappa shape index (κ2) is 12.0. The minimum Gasteiger partial charge on any atom is -0.484 e. The number of fused-ring (bicyclic) bond motifs is 1. The van der Waals surface area contributed by atoms with Gasteiger partial charge in [0.15, 0.2) is 11.5 Å². The molecule has 1 atom stereocenters. The van der Waals surface area contributed by atoms with Crippen LogP contribution in [0.15, 0.2) is 72.8 Å². The van der Waals surface area contributed by atoms with Gasteiger partial charge < -0.3 is 19.5 Å². The maximum Gasteiger partial charge on any atom is 0.338 e. The number of hydrogen-bond donors (Lipinski definition) is 1. The molecular formula is C29H29ClFN3O5. The molecule has 0 spiro atoms. The van der Waals surface area contributed by atoms with E-state index in [0.717, 1.165) is 0 Å². The van der Waals surface area contributed by atoms with E-state index in [-0.39, 0.29) is 24.9 Å². The average molecular weight is 554 g/mol. The summed E-state index contributed by atoms with van der Waals surface area (Å²) in [6.07, 6.45) is 0. The lowest BCUT2D eigenvalue weighted by Crippen LogP contribution is -2.66. The van der Waals surface area contributed by atoms with Crippen LogP contribution in [0.5, 0.6) is 11.5 Å². The number of nitrogens with zero attached hydrogens (tertiary/aromatic N) is 2. The van der Waals surface area contributed by atoms with Crippen molar-refractivity contribution in [3.05, 3.63) is 94.8 Å². The largest absolute Gasteiger partial charge is 0.484 e. The molecule has 10 heteroatoms. The van der Waals surface area contributed by atoms with Crippen LogP contribution >= 0.6 is 11.6 Å². The van der Waals surface area contributed by atoms with Gasteiger partial charge in [0.25, 0.3) is 5.91 Å². The first kappa shape index (κ1) is 26.9. The third kappa shape index (κ3) is 6.50. The zero-order valence-corrected chi connectivity index (χ0v) is 22.0. The van der Waals surface area contributed by atoms with E-state index in [1.54, 1.807) is 42.5 Å². The van der Waals surface area contributed by atoms with Crippen molar-refractivity contribution in [2.75, 3.05) is 52.5 Å². The minimum atomic E-state index is -1.02. The third-order valence-electron chi connectivity index (χ3n) is 6.87. The summed E-state index contributed by atoms with van der Waals surface area (Å²) in [7, 11) is 0. The molecule has 1 saturated heterocycles. The van der Waals surface area contributed by atoms with Crippen LogP contribution < -0.4 is 14.8 Å². The maximum atomic E-state index is 13.1. The molecule has 1 unspecified atom stereocenters. The Labute approximate surface area is 231 Å². The smallest absolute Gasteiger partial charge is 0.338 e. The van der Waals surface area contributed by atoms with Crippen molar-refractivity contribution in [1.29, 1.82) is 0 Å². The summed E-state index contributed by atoms with van der Waals surface area (Å²) in [5, 5.41) is 3.40. The van der Waals surface area contributed by atoms with Gasteiger partial charge in [0.2, 0.25) is 5.72 Å². The number of benzene rings is 3. The molecule has 1 fully saturated rings. The second-order valence-electron chi connectivity index (χ2n) is 9.46. The Morgan fingerprint density at radius 1 is 0.949 bits per heavy atom. The summed E-state index contributed by atoms with van der Waals surface area (Å²) in [6, 6.07) is 19.5. The average Bonchev–Trinajstić information content (AvgIpc) is 2.96. The van der Waals surface area contributed by atoms with Gasteiger partial charge in [-0.25, -0.2) is 9.18 Å². The van der Waals surface area contributed by atoms with Gasteiger partial charge in [-0.2, -0.15) is 0 Å². The van der Waals surface area contributed by atoms with E-state index in [2.05, 4.69) is 15.1 Å². The van der Waals surface area contributed by atoms with Crippen LogP contribution in [0.2, 0.25) is 5.02 Å². The van der Waals surface area contributed by atoms with Crippen molar-refractivity contribution < 1.29 is 28.2 Å². The topological polar surface area (TPSA) is 80.3 Å². The third-order valence-corrected chi connectivity index (χ3v) is 7.10. The van der Waals surface area contributed by atoms with Gasteiger partial charge in [-0.3, -0.25) is 14.6 Å². The Hall–Kier alpha value is -3.66. The Kier molecular flexibility index (Phi) is 8.30. The van der Waals surface area contributed by atoms with Crippen molar-refractivity contribution in [2.45, 2.75) is 5.72 Å². The van der Waals surface area contributed by atoms with E-state index in [4.69, 9.17) is 25.8 Å². The molecular weight excluding hydrogens is 525 g/mol. The first-order valence-electron chi connectivity index (χ1n) is 12.8. The zero-order chi connectivity index (χ0) is 27.2.